The Morgan fingerprint density at radius 2 is 2.12 bits per heavy atom. The highest BCUT2D eigenvalue weighted by atomic mass is 16.5. The van der Waals surface area contributed by atoms with Gasteiger partial charge in [-0.05, 0) is 37.0 Å². The average molecular weight is 340 g/mol. The molecule has 6 nitrogen and oxygen atoms in total. The average Bonchev–Trinajstić information content (AvgIpc) is 3.44. The Bertz CT molecular complexity index is 759. The Labute approximate surface area is 147 Å². The zero-order chi connectivity index (χ0) is 17.8. The van der Waals surface area contributed by atoms with Crippen molar-refractivity contribution >= 4 is 11.9 Å². The fourth-order valence-electron chi connectivity index (χ4n) is 2.90. The SMILES string of the molecule is CCC(CC1CC1)Nc1nc(C(N)=O)cc(-c2ccccc2OC)n1. The van der Waals surface area contributed by atoms with E-state index in [0.29, 0.717) is 23.4 Å². The number of primary amides is 1. The molecule has 0 saturated heterocycles. The van der Waals surface area contributed by atoms with Crippen LogP contribution >= 0.6 is 0 Å². The van der Waals surface area contributed by atoms with Crippen LogP contribution in [0.15, 0.2) is 30.3 Å². The Hall–Kier alpha value is -2.63. The molecule has 0 spiro atoms. The van der Waals surface area contributed by atoms with Crippen molar-refractivity contribution in [2.75, 3.05) is 12.4 Å². The molecular weight excluding hydrogens is 316 g/mol. The highest BCUT2D eigenvalue weighted by Crippen LogP contribution is 2.35. The fourth-order valence-corrected chi connectivity index (χ4v) is 2.90. The molecule has 1 unspecified atom stereocenters. The van der Waals surface area contributed by atoms with Crippen molar-refractivity contribution in [3.8, 4) is 17.0 Å². The third-order valence-electron chi connectivity index (χ3n) is 4.50. The number of nitrogens with zero attached hydrogens (tertiary/aromatic N) is 2. The molecular formula is C19H24N4O2. The van der Waals surface area contributed by atoms with E-state index in [1.165, 1.54) is 12.8 Å². The van der Waals surface area contributed by atoms with Gasteiger partial charge in [0.05, 0.1) is 12.8 Å². The zero-order valence-corrected chi connectivity index (χ0v) is 14.7. The summed E-state index contributed by atoms with van der Waals surface area (Å²) in [6, 6.07) is 9.45. The lowest BCUT2D eigenvalue weighted by molar-refractivity contribution is 0.0995. The summed E-state index contributed by atoms with van der Waals surface area (Å²) >= 11 is 0. The van der Waals surface area contributed by atoms with Gasteiger partial charge in [0.1, 0.15) is 11.4 Å². The molecule has 1 saturated carbocycles. The fraction of sp³-hybridized carbons (Fsp3) is 0.421. The van der Waals surface area contributed by atoms with Crippen LogP contribution in [-0.4, -0.2) is 29.0 Å². The van der Waals surface area contributed by atoms with Gasteiger partial charge in [-0.1, -0.05) is 31.9 Å². The molecule has 1 aliphatic rings. The molecule has 0 radical (unpaired) electrons. The number of rotatable bonds is 8. The van der Waals surface area contributed by atoms with Crippen LogP contribution in [0.25, 0.3) is 11.3 Å². The van der Waals surface area contributed by atoms with E-state index in [0.717, 1.165) is 24.3 Å². The number of para-hydroxylation sites is 1. The first-order valence-electron chi connectivity index (χ1n) is 8.69. The summed E-state index contributed by atoms with van der Waals surface area (Å²) < 4.78 is 5.41. The molecule has 132 valence electrons. The molecule has 25 heavy (non-hydrogen) atoms. The minimum atomic E-state index is -0.572. The normalized spacial score (nSPS) is 14.8. The van der Waals surface area contributed by atoms with Crippen LogP contribution in [-0.2, 0) is 0 Å². The molecule has 1 fully saturated rings. The number of nitrogens with two attached hydrogens (primary N) is 1. The Morgan fingerprint density at radius 3 is 2.76 bits per heavy atom. The smallest absolute Gasteiger partial charge is 0.267 e. The van der Waals surface area contributed by atoms with Gasteiger partial charge in [0, 0.05) is 11.6 Å². The van der Waals surface area contributed by atoms with Gasteiger partial charge in [0.15, 0.2) is 0 Å². The number of hydrogen-bond donors (Lipinski definition) is 2. The number of carbonyl (C=O) groups is 1. The summed E-state index contributed by atoms with van der Waals surface area (Å²) in [5.41, 5.74) is 7.08. The minimum absolute atomic E-state index is 0.194. The highest BCUT2D eigenvalue weighted by Gasteiger charge is 2.25. The number of aromatic nitrogens is 2. The standard InChI is InChI=1S/C19H24N4O2/c1-3-13(10-12-8-9-12)21-19-22-15(11-16(23-19)18(20)24)14-6-4-5-7-17(14)25-2/h4-7,11-13H,3,8-10H2,1-2H3,(H2,20,24)(H,21,22,23). The lowest BCUT2D eigenvalue weighted by Crippen LogP contribution is -2.22. The Kier molecular flexibility index (Phi) is 5.16. The Morgan fingerprint density at radius 1 is 1.36 bits per heavy atom. The van der Waals surface area contributed by atoms with Gasteiger partial charge in [-0.3, -0.25) is 4.79 Å². The molecule has 0 aliphatic heterocycles. The molecule has 0 bridgehead atoms. The van der Waals surface area contributed by atoms with Gasteiger partial charge in [0.2, 0.25) is 5.95 Å². The van der Waals surface area contributed by atoms with E-state index in [1.54, 1.807) is 13.2 Å². The van der Waals surface area contributed by atoms with Crippen molar-refractivity contribution < 1.29 is 9.53 Å². The second-order valence-corrected chi connectivity index (χ2v) is 6.46. The van der Waals surface area contributed by atoms with E-state index in [2.05, 4.69) is 22.2 Å². The van der Waals surface area contributed by atoms with Crippen LogP contribution < -0.4 is 15.8 Å². The second-order valence-electron chi connectivity index (χ2n) is 6.46. The maximum absolute atomic E-state index is 11.7. The minimum Gasteiger partial charge on any atom is -0.496 e. The van der Waals surface area contributed by atoms with Gasteiger partial charge < -0.3 is 15.8 Å². The van der Waals surface area contributed by atoms with E-state index in [1.807, 2.05) is 24.3 Å². The number of anilines is 1. The topological polar surface area (TPSA) is 90.1 Å². The summed E-state index contributed by atoms with van der Waals surface area (Å²) in [7, 11) is 1.61. The number of ether oxygens (including phenoxy) is 1. The predicted molar refractivity (Wildman–Crippen MR) is 97.6 cm³/mol. The summed E-state index contributed by atoms with van der Waals surface area (Å²) in [5.74, 6) is 1.35. The first-order valence-corrected chi connectivity index (χ1v) is 8.69. The van der Waals surface area contributed by atoms with E-state index >= 15 is 0 Å². The molecule has 1 heterocycles. The number of hydrogen-bond acceptors (Lipinski definition) is 5. The quantitative estimate of drug-likeness (QED) is 0.770. The summed E-state index contributed by atoms with van der Waals surface area (Å²) in [6.45, 7) is 2.14. The van der Waals surface area contributed by atoms with Crippen molar-refractivity contribution in [3.05, 3.63) is 36.0 Å². The van der Waals surface area contributed by atoms with Crippen molar-refractivity contribution in [2.24, 2.45) is 11.7 Å². The zero-order valence-electron chi connectivity index (χ0n) is 14.7. The molecule has 3 rings (SSSR count). The van der Waals surface area contributed by atoms with E-state index in [9.17, 15) is 4.79 Å². The van der Waals surface area contributed by atoms with Gasteiger partial charge in [-0.15, -0.1) is 0 Å². The van der Waals surface area contributed by atoms with Crippen LogP contribution in [0.4, 0.5) is 5.95 Å². The molecule has 1 atom stereocenters. The second kappa shape index (κ2) is 7.51. The van der Waals surface area contributed by atoms with E-state index < -0.39 is 5.91 Å². The van der Waals surface area contributed by atoms with Crippen LogP contribution in [0, 0.1) is 5.92 Å². The summed E-state index contributed by atoms with van der Waals surface area (Å²) in [4.78, 5) is 20.6. The summed E-state index contributed by atoms with van der Waals surface area (Å²) in [5, 5.41) is 3.37. The van der Waals surface area contributed by atoms with Gasteiger partial charge in [-0.25, -0.2) is 9.97 Å². The lowest BCUT2D eigenvalue weighted by atomic mass is 10.1. The number of carbonyl (C=O) groups excluding carboxylic acids is 1. The van der Waals surface area contributed by atoms with Crippen molar-refractivity contribution in [2.45, 2.75) is 38.6 Å². The van der Waals surface area contributed by atoms with E-state index in [4.69, 9.17) is 10.5 Å². The van der Waals surface area contributed by atoms with Crippen LogP contribution in [0.2, 0.25) is 0 Å². The Balaban J connectivity index is 1.95. The van der Waals surface area contributed by atoms with Gasteiger partial charge >= 0.3 is 0 Å². The third kappa shape index (κ3) is 4.26. The lowest BCUT2D eigenvalue weighted by Gasteiger charge is -2.18. The third-order valence-corrected chi connectivity index (χ3v) is 4.50. The monoisotopic (exact) mass is 340 g/mol. The van der Waals surface area contributed by atoms with E-state index in [-0.39, 0.29) is 5.69 Å². The van der Waals surface area contributed by atoms with Gasteiger partial charge in [-0.2, -0.15) is 0 Å². The number of benzene rings is 1. The highest BCUT2D eigenvalue weighted by molar-refractivity contribution is 5.92. The molecule has 1 aromatic carbocycles. The van der Waals surface area contributed by atoms with Crippen molar-refractivity contribution in [3.63, 3.8) is 0 Å². The van der Waals surface area contributed by atoms with Crippen LogP contribution in [0.5, 0.6) is 5.75 Å². The first kappa shape index (κ1) is 17.2. The largest absolute Gasteiger partial charge is 0.496 e. The number of amides is 1. The van der Waals surface area contributed by atoms with Crippen LogP contribution in [0.3, 0.4) is 0 Å². The molecule has 1 aliphatic carbocycles. The van der Waals surface area contributed by atoms with Gasteiger partial charge in [0.25, 0.3) is 5.91 Å². The number of methoxy groups -OCH3 is 1. The molecule has 3 N–H and O–H groups in total. The first-order chi connectivity index (χ1) is 12.1. The molecule has 1 aromatic heterocycles. The predicted octanol–water partition coefficient (Wildman–Crippen LogP) is 3.24. The summed E-state index contributed by atoms with van der Waals surface area (Å²) in [6.07, 6.45) is 4.68. The van der Waals surface area contributed by atoms with Crippen molar-refractivity contribution in [1.82, 2.24) is 9.97 Å². The van der Waals surface area contributed by atoms with Crippen LogP contribution in [0.1, 0.15) is 43.1 Å². The maximum Gasteiger partial charge on any atom is 0.267 e. The molecule has 6 heteroatoms. The van der Waals surface area contributed by atoms with Crippen molar-refractivity contribution in [1.29, 1.82) is 0 Å². The molecule has 1 amide bonds. The molecule has 2 aromatic rings. The number of nitrogens with one attached hydrogen (secondary N) is 1. The maximum atomic E-state index is 11.7.